The highest BCUT2D eigenvalue weighted by atomic mass is 32.2. The fourth-order valence-corrected chi connectivity index (χ4v) is 3.27. The number of rotatable bonds is 8. The third-order valence-corrected chi connectivity index (χ3v) is 5.50. The lowest BCUT2D eigenvalue weighted by Crippen LogP contribution is -2.35. The van der Waals surface area contributed by atoms with Gasteiger partial charge in [0.15, 0.2) is 0 Å². The van der Waals surface area contributed by atoms with Crippen molar-refractivity contribution in [3.05, 3.63) is 65.7 Å². The molecule has 0 radical (unpaired) electrons. The predicted octanol–water partition coefficient (Wildman–Crippen LogP) is 1.89. The number of hydrogen-bond donors (Lipinski definition) is 1. The standard InChI is InChI=1S/C18H22N2O4S/c1-20(14-15-7-4-3-5-8-15)25(22,23)12-11-19-18(21)16-9-6-10-17(13-16)24-2/h3-10,13H,11-12,14H2,1-2H3,(H,19,21). The molecular formula is C18H22N2O4S. The van der Waals surface area contributed by atoms with E-state index in [1.54, 1.807) is 24.3 Å². The Labute approximate surface area is 148 Å². The van der Waals surface area contributed by atoms with Crippen LogP contribution >= 0.6 is 0 Å². The molecule has 0 bridgehead atoms. The Morgan fingerprint density at radius 1 is 1.12 bits per heavy atom. The van der Waals surface area contributed by atoms with Gasteiger partial charge in [-0.05, 0) is 23.8 Å². The van der Waals surface area contributed by atoms with Crippen LogP contribution in [0.2, 0.25) is 0 Å². The molecule has 2 aromatic rings. The van der Waals surface area contributed by atoms with E-state index in [1.807, 2.05) is 30.3 Å². The zero-order chi connectivity index (χ0) is 18.3. The van der Waals surface area contributed by atoms with Gasteiger partial charge in [-0.3, -0.25) is 4.79 Å². The van der Waals surface area contributed by atoms with Gasteiger partial charge in [-0.1, -0.05) is 36.4 Å². The number of methoxy groups -OCH3 is 1. The predicted molar refractivity (Wildman–Crippen MR) is 97.0 cm³/mol. The van der Waals surface area contributed by atoms with Crippen LogP contribution in [-0.4, -0.2) is 45.1 Å². The first-order valence-electron chi connectivity index (χ1n) is 7.82. The van der Waals surface area contributed by atoms with Crippen LogP contribution in [0.1, 0.15) is 15.9 Å². The van der Waals surface area contributed by atoms with E-state index in [4.69, 9.17) is 4.74 Å². The van der Waals surface area contributed by atoms with Gasteiger partial charge in [0, 0.05) is 25.7 Å². The Balaban J connectivity index is 1.87. The van der Waals surface area contributed by atoms with Gasteiger partial charge in [0.25, 0.3) is 5.91 Å². The second-order valence-corrected chi connectivity index (χ2v) is 7.74. The first-order chi connectivity index (χ1) is 11.9. The molecule has 1 amide bonds. The highest BCUT2D eigenvalue weighted by molar-refractivity contribution is 7.89. The van der Waals surface area contributed by atoms with E-state index < -0.39 is 10.0 Å². The van der Waals surface area contributed by atoms with Crippen molar-refractivity contribution in [3.63, 3.8) is 0 Å². The molecule has 25 heavy (non-hydrogen) atoms. The molecule has 0 heterocycles. The SMILES string of the molecule is COc1cccc(C(=O)NCCS(=O)(=O)N(C)Cc2ccccc2)c1. The quantitative estimate of drug-likeness (QED) is 0.778. The first-order valence-corrected chi connectivity index (χ1v) is 9.43. The monoisotopic (exact) mass is 362 g/mol. The summed E-state index contributed by atoms with van der Waals surface area (Å²) in [5.74, 6) is 0.0779. The molecule has 0 fully saturated rings. The largest absolute Gasteiger partial charge is 0.497 e. The summed E-state index contributed by atoms with van der Waals surface area (Å²) < 4.78 is 31.0. The minimum absolute atomic E-state index is 0.0392. The van der Waals surface area contributed by atoms with Crippen molar-refractivity contribution in [1.82, 2.24) is 9.62 Å². The maximum Gasteiger partial charge on any atom is 0.251 e. The van der Waals surface area contributed by atoms with Crippen LogP contribution in [0, 0.1) is 0 Å². The van der Waals surface area contributed by atoms with Crippen molar-refractivity contribution >= 4 is 15.9 Å². The Bertz CT molecular complexity index is 807. The van der Waals surface area contributed by atoms with Gasteiger partial charge in [0.1, 0.15) is 5.75 Å². The number of ether oxygens (including phenoxy) is 1. The molecule has 7 heteroatoms. The van der Waals surface area contributed by atoms with E-state index in [0.717, 1.165) is 5.56 Å². The summed E-state index contributed by atoms with van der Waals surface area (Å²) in [6.45, 7) is 0.338. The lowest BCUT2D eigenvalue weighted by atomic mass is 10.2. The Kier molecular flexibility index (Phi) is 6.55. The molecule has 0 aliphatic heterocycles. The van der Waals surface area contributed by atoms with Gasteiger partial charge < -0.3 is 10.1 Å². The van der Waals surface area contributed by atoms with E-state index in [1.165, 1.54) is 18.5 Å². The maximum atomic E-state index is 12.3. The molecule has 134 valence electrons. The second kappa shape index (κ2) is 8.64. The summed E-state index contributed by atoms with van der Waals surface area (Å²) in [4.78, 5) is 12.1. The summed E-state index contributed by atoms with van der Waals surface area (Å²) in [6.07, 6.45) is 0. The van der Waals surface area contributed by atoms with Crippen molar-refractivity contribution in [2.24, 2.45) is 0 Å². The molecule has 0 aliphatic rings. The first kappa shape index (κ1) is 19.0. The Morgan fingerprint density at radius 3 is 2.52 bits per heavy atom. The Hall–Kier alpha value is -2.38. The van der Waals surface area contributed by atoms with Crippen LogP contribution in [-0.2, 0) is 16.6 Å². The lowest BCUT2D eigenvalue weighted by molar-refractivity contribution is 0.0955. The number of carbonyl (C=O) groups excluding carboxylic acids is 1. The van der Waals surface area contributed by atoms with Gasteiger partial charge in [-0.2, -0.15) is 0 Å². The van der Waals surface area contributed by atoms with Crippen LogP contribution in [0.25, 0.3) is 0 Å². The molecule has 0 aromatic heterocycles. The molecule has 6 nitrogen and oxygen atoms in total. The number of benzene rings is 2. The number of sulfonamides is 1. The zero-order valence-electron chi connectivity index (χ0n) is 14.3. The van der Waals surface area contributed by atoms with Crippen LogP contribution in [0.5, 0.6) is 5.75 Å². The van der Waals surface area contributed by atoms with Crippen LogP contribution in [0.3, 0.4) is 0 Å². The highest BCUT2D eigenvalue weighted by Crippen LogP contribution is 2.12. The molecule has 0 spiro atoms. The third-order valence-electron chi connectivity index (χ3n) is 3.70. The summed E-state index contributed by atoms with van der Waals surface area (Å²) in [5.41, 5.74) is 1.34. The van der Waals surface area contributed by atoms with E-state index >= 15 is 0 Å². The molecule has 2 aromatic carbocycles. The molecule has 0 unspecified atom stereocenters. The molecule has 0 aliphatic carbocycles. The highest BCUT2D eigenvalue weighted by Gasteiger charge is 2.18. The van der Waals surface area contributed by atoms with E-state index in [-0.39, 0.29) is 18.2 Å². The van der Waals surface area contributed by atoms with Crippen molar-refractivity contribution < 1.29 is 17.9 Å². The van der Waals surface area contributed by atoms with Crippen molar-refractivity contribution in [1.29, 1.82) is 0 Å². The molecule has 1 N–H and O–H groups in total. The summed E-state index contributed by atoms with van der Waals surface area (Å²) in [7, 11) is -0.401. The molecule has 0 atom stereocenters. The van der Waals surface area contributed by atoms with Crippen LogP contribution < -0.4 is 10.1 Å². The van der Waals surface area contributed by atoms with E-state index in [9.17, 15) is 13.2 Å². The Morgan fingerprint density at radius 2 is 1.84 bits per heavy atom. The van der Waals surface area contributed by atoms with Crippen LogP contribution in [0.15, 0.2) is 54.6 Å². The van der Waals surface area contributed by atoms with Crippen molar-refractivity contribution in [3.8, 4) is 5.75 Å². The molecule has 2 rings (SSSR count). The van der Waals surface area contributed by atoms with E-state index in [2.05, 4.69) is 5.32 Å². The number of amides is 1. The average Bonchev–Trinajstić information content (AvgIpc) is 2.62. The lowest BCUT2D eigenvalue weighted by Gasteiger charge is -2.17. The van der Waals surface area contributed by atoms with Gasteiger partial charge in [-0.25, -0.2) is 12.7 Å². The minimum atomic E-state index is -3.46. The zero-order valence-corrected chi connectivity index (χ0v) is 15.1. The topological polar surface area (TPSA) is 75.7 Å². The normalized spacial score (nSPS) is 11.3. The number of nitrogens with zero attached hydrogens (tertiary/aromatic N) is 1. The van der Waals surface area contributed by atoms with Crippen molar-refractivity contribution in [2.45, 2.75) is 6.54 Å². The fraction of sp³-hybridized carbons (Fsp3) is 0.278. The molecule has 0 saturated heterocycles. The summed E-state index contributed by atoms with van der Waals surface area (Å²) in [5, 5.41) is 2.62. The number of nitrogens with one attached hydrogen (secondary N) is 1. The van der Waals surface area contributed by atoms with Gasteiger partial charge in [0.05, 0.1) is 12.9 Å². The minimum Gasteiger partial charge on any atom is -0.497 e. The van der Waals surface area contributed by atoms with Crippen molar-refractivity contribution in [2.75, 3.05) is 26.5 Å². The number of carbonyl (C=O) groups is 1. The van der Waals surface area contributed by atoms with E-state index in [0.29, 0.717) is 17.9 Å². The number of hydrogen-bond acceptors (Lipinski definition) is 4. The third kappa shape index (κ3) is 5.58. The maximum absolute atomic E-state index is 12.3. The summed E-state index contributed by atoms with van der Waals surface area (Å²) >= 11 is 0. The second-order valence-electron chi connectivity index (χ2n) is 5.55. The molecular weight excluding hydrogens is 340 g/mol. The van der Waals surface area contributed by atoms with Gasteiger partial charge in [0.2, 0.25) is 10.0 Å². The van der Waals surface area contributed by atoms with Gasteiger partial charge in [-0.15, -0.1) is 0 Å². The smallest absolute Gasteiger partial charge is 0.251 e. The average molecular weight is 362 g/mol. The van der Waals surface area contributed by atoms with Gasteiger partial charge >= 0.3 is 0 Å². The van der Waals surface area contributed by atoms with Crippen LogP contribution in [0.4, 0.5) is 0 Å². The summed E-state index contributed by atoms with van der Waals surface area (Å²) in [6, 6.07) is 16.0. The fourth-order valence-electron chi connectivity index (χ4n) is 2.25. The molecule has 0 saturated carbocycles.